The number of hydrazone groups is 1. The topological polar surface area (TPSA) is 87.8 Å². The van der Waals surface area contributed by atoms with Gasteiger partial charge in [-0.15, -0.1) is 0 Å². The van der Waals surface area contributed by atoms with Gasteiger partial charge in [-0.05, 0) is 36.8 Å². The maximum Gasteiger partial charge on any atom is 0.272 e. The van der Waals surface area contributed by atoms with Crippen molar-refractivity contribution >= 4 is 28.9 Å². The first kappa shape index (κ1) is 16.6. The Balaban J connectivity index is 1.84. The molecule has 0 saturated heterocycles. The number of nitrogens with zero attached hydrogens (tertiary/aromatic N) is 2. The van der Waals surface area contributed by atoms with Crippen molar-refractivity contribution in [3.8, 4) is 0 Å². The van der Waals surface area contributed by atoms with Gasteiger partial charge in [0.1, 0.15) is 17.6 Å². The lowest BCUT2D eigenvalue weighted by Gasteiger charge is -2.20. The summed E-state index contributed by atoms with van der Waals surface area (Å²) in [4.78, 5) is 24.1. The molecular formula is C18H17FN4O2. The quantitative estimate of drug-likeness (QED) is 0.894. The third-order valence-corrected chi connectivity index (χ3v) is 3.89. The minimum Gasteiger partial charge on any atom is -0.368 e. The molecule has 128 valence electrons. The van der Waals surface area contributed by atoms with E-state index in [-0.39, 0.29) is 17.8 Å². The van der Waals surface area contributed by atoms with Gasteiger partial charge < -0.3 is 11.1 Å². The van der Waals surface area contributed by atoms with Gasteiger partial charge in [-0.2, -0.15) is 5.10 Å². The molecule has 0 bridgehead atoms. The highest BCUT2D eigenvalue weighted by Crippen LogP contribution is 2.25. The van der Waals surface area contributed by atoms with E-state index in [0.29, 0.717) is 5.69 Å². The van der Waals surface area contributed by atoms with Gasteiger partial charge in [0, 0.05) is 6.42 Å². The Morgan fingerprint density at radius 1 is 1.24 bits per heavy atom. The maximum atomic E-state index is 13.9. The van der Waals surface area contributed by atoms with Gasteiger partial charge in [0.25, 0.3) is 5.91 Å². The van der Waals surface area contributed by atoms with Crippen molar-refractivity contribution in [1.82, 2.24) is 0 Å². The lowest BCUT2D eigenvalue weighted by molar-refractivity contribution is -0.119. The predicted octanol–water partition coefficient (Wildman–Crippen LogP) is 2.19. The summed E-state index contributed by atoms with van der Waals surface area (Å²) in [5.74, 6) is -1.68. The third kappa shape index (κ3) is 3.50. The second-order valence-corrected chi connectivity index (χ2v) is 5.79. The first-order valence-corrected chi connectivity index (χ1v) is 7.74. The van der Waals surface area contributed by atoms with E-state index in [1.54, 1.807) is 37.3 Å². The number of nitrogens with one attached hydrogen (secondary N) is 1. The average molecular weight is 340 g/mol. The van der Waals surface area contributed by atoms with Crippen LogP contribution >= 0.6 is 0 Å². The van der Waals surface area contributed by atoms with Crippen LogP contribution in [0.1, 0.15) is 12.0 Å². The zero-order chi connectivity index (χ0) is 18.0. The summed E-state index contributed by atoms with van der Waals surface area (Å²) in [6, 6.07) is 12.7. The highest BCUT2D eigenvalue weighted by atomic mass is 19.1. The minimum atomic E-state index is -0.758. The number of carbonyl (C=O) groups is 2. The van der Waals surface area contributed by atoms with E-state index in [0.717, 1.165) is 5.56 Å². The van der Waals surface area contributed by atoms with Crippen molar-refractivity contribution in [2.75, 3.05) is 10.3 Å². The minimum absolute atomic E-state index is 0.0591. The molecule has 25 heavy (non-hydrogen) atoms. The molecule has 3 N–H and O–H groups in total. The second kappa shape index (κ2) is 6.72. The van der Waals surface area contributed by atoms with E-state index in [1.165, 1.54) is 17.1 Å². The summed E-state index contributed by atoms with van der Waals surface area (Å²) in [5.41, 5.74) is 7.01. The standard InChI is InChI=1S/C18H17FN4O2/c1-11-7-8-14(13(19)9-11)21-18(25)15-10-16(17(20)24)23(22-15)12-5-3-2-4-6-12/h2-9,16H,10H2,1H3,(H2,20,24)(H,21,25). The summed E-state index contributed by atoms with van der Waals surface area (Å²) in [5, 5.41) is 8.13. The number of hydrogen-bond acceptors (Lipinski definition) is 4. The highest BCUT2D eigenvalue weighted by Gasteiger charge is 2.35. The van der Waals surface area contributed by atoms with Gasteiger partial charge >= 0.3 is 0 Å². The number of halogens is 1. The Kier molecular flexibility index (Phi) is 4.47. The van der Waals surface area contributed by atoms with Crippen molar-refractivity contribution in [3.63, 3.8) is 0 Å². The summed E-state index contributed by atoms with van der Waals surface area (Å²) >= 11 is 0. The molecule has 1 heterocycles. The molecule has 7 heteroatoms. The molecule has 3 rings (SSSR count). The summed E-state index contributed by atoms with van der Waals surface area (Å²) in [6.45, 7) is 1.75. The number of primary amides is 1. The van der Waals surface area contributed by atoms with Gasteiger partial charge in [0.15, 0.2) is 0 Å². The first-order valence-electron chi connectivity index (χ1n) is 7.74. The van der Waals surface area contributed by atoms with Crippen LogP contribution in [0.4, 0.5) is 15.8 Å². The fourth-order valence-electron chi connectivity index (χ4n) is 2.60. The molecule has 6 nitrogen and oxygen atoms in total. The number of rotatable bonds is 4. The number of para-hydroxylation sites is 1. The normalized spacial score (nSPS) is 16.5. The van der Waals surface area contributed by atoms with Crippen LogP contribution in [0.5, 0.6) is 0 Å². The average Bonchev–Trinajstić information content (AvgIpc) is 3.04. The van der Waals surface area contributed by atoms with E-state index in [1.807, 2.05) is 6.07 Å². The van der Waals surface area contributed by atoms with Crippen molar-refractivity contribution in [3.05, 3.63) is 59.9 Å². The molecule has 0 radical (unpaired) electrons. The number of anilines is 2. The monoisotopic (exact) mass is 340 g/mol. The van der Waals surface area contributed by atoms with E-state index in [4.69, 9.17) is 5.73 Å². The van der Waals surface area contributed by atoms with Crippen molar-refractivity contribution < 1.29 is 14.0 Å². The maximum absolute atomic E-state index is 13.9. The zero-order valence-electron chi connectivity index (χ0n) is 13.6. The lowest BCUT2D eigenvalue weighted by Crippen LogP contribution is -2.39. The van der Waals surface area contributed by atoms with Crippen LogP contribution in [-0.4, -0.2) is 23.6 Å². The second-order valence-electron chi connectivity index (χ2n) is 5.79. The van der Waals surface area contributed by atoms with E-state index in [9.17, 15) is 14.0 Å². The fourth-order valence-corrected chi connectivity index (χ4v) is 2.60. The van der Waals surface area contributed by atoms with Crippen LogP contribution in [0, 0.1) is 12.7 Å². The first-order chi connectivity index (χ1) is 12.0. The number of amides is 2. The van der Waals surface area contributed by atoms with Crippen LogP contribution < -0.4 is 16.1 Å². The molecule has 0 aromatic heterocycles. The van der Waals surface area contributed by atoms with Crippen LogP contribution in [-0.2, 0) is 9.59 Å². The van der Waals surface area contributed by atoms with E-state index in [2.05, 4.69) is 10.4 Å². The van der Waals surface area contributed by atoms with Gasteiger partial charge in [-0.3, -0.25) is 14.6 Å². The van der Waals surface area contributed by atoms with Crippen molar-refractivity contribution in [2.45, 2.75) is 19.4 Å². The Labute approximate surface area is 144 Å². The van der Waals surface area contributed by atoms with Crippen LogP contribution in [0.3, 0.4) is 0 Å². The molecule has 1 atom stereocenters. The molecule has 1 aliphatic rings. The number of nitrogens with two attached hydrogens (primary N) is 1. The van der Waals surface area contributed by atoms with Gasteiger partial charge in [-0.1, -0.05) is 24.3 Å². The molecular weight excluding hydrogens is 323 g/mol. The molecule has 1 aliphatic heterocycles. The number of benzene rings is 2. The van der Waals surface area contributed by atoms with E-state index < -0.39 is 23.7 Å². The largest absolute Gasteiger partial charge is 0.368 e. The van der Waals surface area contributed by atoms with Gasteiger partial charge in [-0.25, -0.2) is 4.39 Å². The Hall–Kier alpha value is -3.22. The molecule has 2 amide bonds. The highest BCUT2D eigenvalue weighted by molar-refractivity contribution is 6.44. The number of aryl methyl sites for hydroxylation is 1. The Morgan fingerprint density at radius 3 is 2.60 bits per heavy atom. The summed E-state index contributed by atoms with van der Waals surface area (Å²) in [7, 11) is 0. The smallest absolute Gasteiger partial charge is 0.272 e. The fraction of sp³-hybridized carbons (Fsp3) is 0.167. The van der Waals surface area contributed by atoms with Gasteiger partial charge in [0.05, 0.1) is 11.4 Å². The third-order valence-electron chi connectivity index (χ3n) is 3.89. The molecule has 0 aliphatic carbocycles. The lowest BCUT2D eigenvalue weighted by atomic mass is 10.1. The van der Waals surface area contributed by atoms with Crippen LogP contribution in [0.25, 0.3) is 0 Å². The molecule has 1 unspecified atom stereocenters. The molecule has 2 aromatic carbocycles. The zero-order valence-corrected chi connectivity index (χ0v) is 13.6. The van der Waals surface area contributed by atoms with Crippen molar-refractivity contribution in [2.24, 2.45) is 10.8 Å². The van der Waals surface area contributed by atoms with Crippen LogP contribution in [0.2, 0.25) is 0 Å². The Morgan fingerprint density at radius 2 is 1.96 bits per heavy atom. The predicted molar refractivity (Wildman–Crippen MR) is 93.7 cm³/mol. The molecule has 2 aromatic rings. The van der Waals surface area contributed by atoms with Crippen molar-refractivity contribution in [1.29, 1.82) is 0 Å². The van der Waals surface area contributed by atoms with Crippen LogP contribution in [0.15, 0.2) is 53.6 Å². The van der Waals surface area contributed by atoms with Gasteiger partial charge in [0.2, 0.25) is 5.91 Å². The SMILES string of the molecule is Cc1ccc(NC(=O)C2=NN(c3ccccc3)C(C(N)=O)C2)c(F)c1. The Bertz CT molecular complexity index is 851. The number of carbonyl (C=O) groups excluding carboxylic acids is 2. The summed E-state index contributed by atoms with van der Waals surface area (Å²) in [6.07, 6.45) is 0.0591. The molecule has 0 saturated carbocycles. The summed E-state index contributed by atoms with van der Waals surface area (Å²) < 4.78 is 13.9. The van der Waals surface area contributed by atoms with E-state index >= 15 is 0 Å². The molecule has 0 fully saturated rings. The number of hydrogen-bond donors (Lipinski definition) is 2. The molecule has 0 spiro atoms.